The summed E-state index contributed by atoms with van der Waals surface area (Å²) in [4.78, 5) is 11.3. The molecule has 6 heteroatoms. The Morgan fingerprint density at radius 2 is 2.00 bits per heavy atom. The van der Waals surface area contributed by atoms with E-state index >= 15 is 0 Å². The minimum absolute atomic E-state index is 0.271. The van der Waals surface area contributed by atoms with E-state index in [4.69, 9.17) is 0 Å². The monoisotopic (exact) mass is 349 g/mol. The molecular formula is C19H19N5S. The van der Waals surface area contributed by atoms with Gasteiger partial charge in [0.15, 0.2) is 5.65 Å². The lowest BCUT2D eigenvalue weighted by Crippen LogP contribution is -2.22. The van der Waals surface area contributed by atoms with Crippen LogP contribution in [0.1, 0.15) is 23.5 Å². The molecule has 4 aromatic rings. The van der Waals surface area contributed by atoms with Crippen LogP contribution in [-0.4, -0.2) is 31.5 Å². The molecule has 0 saturated carbocycles. The molecular weight excluding hydrogens is 330 g/mol. The van der Waals surface area contributed by atoms with Gasteiger partial charge in [-0.25, -0.2) is 14.5 Å². The van der Waals surface area contributed by atoms with Crippen molar-refractivity contribution < 1.29 is 0 Å². The molecule has 1 aromatic carbocycles. The van der Waals surface area contributed by atoms with Gasteiger partial charge in [-0.3, -0.25) is 4.90 Å². The maximum atomic E-state index is 4.65. The van der Waals surface area contributed by atoms with Gasteiger partial charge in [0.1, 0.15) is 5.01 Å². The largest absolute Gasteiger partial charge is 0.293 e. The van der Waals surface area contributed by atoms with E-state index in [-0.39, 0.29) is 6.04 Å². The van der Waals surface area contributed by atoms with Crippen LogP contribution in [0.2, 0.25) is 0 Å². The second kappa shape index (κ2) is 6.74. The first-order valence-corrected chi connectivity index (χ1v) is 9.07. The summed E-state index contributed by atoms with van der Waals surface area (Å²) >= 11 is 1.69. The molecule has 0 fully saturated rings. The van der Waals surface area contributed by atoms with E-state index in [1.807, 2.05) is 46.7 Å². The molecule has 0 spiro atoms. The summed E-state index contributed by atoms with van der Waals surface area (Å²) in [6, 6.07) is 10.5. The van der Waals surface area contributed by atoms with E-state index in [1.165, 1.54) is 0 Å². The third kappa shape index (κ3) is 3.18. The van der Waals surface area contributed by atoms with Crippen LogP contribution in [0.4, 0.5) is 0 Å². The molecule has 0 aliphatic heterocycles. The fourth-order valence-corrected chi connectivity index (χ4v) is 3.63. The quantitative estimate of drug-likeness (QED) is 0.545. The molecule has 25 heavy (non-hydrogen) atoms. The first kappa shape index (κ1) is 15.9. The Labute approximate surface area is 150 Å². The summed E-state index contributed by atoms with van der Waals surface area (Å²) < 4.78 is 1.86. The molecule has 3 heterocycles. The molecule has 0 aliphatic rings. The zero-order valence-corrected chi connectivity index (χ0v) is 15.0. The number of thiazole rings is 1. The van der Waals surface area contributed by atoms with E-state index in [0.29, 0.717) is 0 Å². The van der Waals surface area contributed by atoms with Crippen LogP contribution in [0.3, 0.4) is 0 Å². The zero-order chi connectivity index (χ0) is 17.2. The van der Waals surface area contributed by atoms with Gasteiger partial charge in [0.05, 0.1) is 12.2 Å². The lowest BCUT2D eigenvalue weighted by atomic mass is 10.1. The summed E-state index contributed by atoms with van der Waals surface area (Å²) in [7, 11) is 2.11. The minimum Gasteiger partial charge on any atom is -0.293 e. The van der Waals surface area contributed by atoms with E-state index in [1.54, 1.807) is 11.3 Å². The Morgan fingerprint density at radius 3 is 2.76 bits per heavy atom. The van der Waals surface area contributed by atoms with Crippen molar-refractivity contribution >= 4 is 17.0 Å². The molecule has 0 N–H and O–H groups in total. The highest BCUT2D eigenvalue weighted by Crippen LogP contribution is 2.24. The predicted octanol–water partition coefficient (Wildman–Crippen LogP) is 4.05. The number of hydrogen-bond donors (Lipinski definition) is 0. The third-order valence-electron chi connectivity index (χ3n) is 4.40. The highest BCUT2D eigenvalue weighted by molar-refractivity contribution is 7.09. The molecule has 0 bridgehead atoms. The Kier molecular flexibility index (Phi) is 4.29. The molecule has 0 saturated heterocycles. The molecule has 5 nitrogen and oxygen atoms in total. The van der Waals surface area contributed by atoms with Crippen LogP contribution < -0.4 is 0 Å². The van der Waals surface area contributed by atoms with Gasteiger partial charge in [-0.15, -0.1) is 11.3 Å². The predicted molar refractivity (Wildman–Crippen MR) is 100 cm³/mol. The van der Waals surface area contributed by atoms with Crippen molar-refractivity contribution in [2.75, 3.05) is 7.05 Å². The fourth-order valence-electron chi connectivity index (χ4n) is 2.87. The Morgan fingerprint density at radius 1 is 1.16 bits per heavy atom. The van der Waals surface area contributed by atoms with Gasteiger partial charge >= 0.3 is 0 Å². The molecule has 4 rings (SSSR count). The van der Waals surface area contributed by atoms with Crippen molar-refractivity contribution in [3.63, 3.8) is 0 Å². The molecule has 126 valence electrons. The van der Waals surface area contributed by atoms with Gasteiger partial charge in [-0.05, 0) is 19.5 Å². The van der Waals surface area contributed by atoms with Crippen LogP contribution >= 0.6 is 11.3 Å². The minimum atomic E-state index is 0.271. The average molecular weight is 349 g/mol. The maximum Gasteiger partial charge on any atom is 0.162 e. The molecule has 0 aliphatic carbocycles. The van der Waals surface area contributed by atoms with Gasteiger partial charge in [0.25, 0.3) is 0 Å². The fraction of sp³-hybridized carbons (Fsp3) is 0.211. The van der Waals surface area contributed by atoms with Crippen molar-refractivity contribution in [3.05, 3.63) is 71.1 Å². The molecule has 0 amide bonds. The van der Waals surface area contributed by atoms with Gasteiger partial charge in [0.2, 0.25) is 0 Å². The Bertz CT molecular complexity index is 962. The van der Waals surface area contributed by atoms with Crippen molar-refractivity contribution in [1.82, 2.24) is 24.5 Å². The topological polar surface area (TPSA) is 46.3 Å². The van der Waals surface area contributed by atoms with E-state index in [2.05, 4.69) is 52.3 Å². The number of aromatic nitrogens is 4. The van der Waals surface area contributed by atoms with E-state index in [9.17, 15) is 0 Å². The number of nitrogens with zero attached hydrogens (tertiary/aromatic N) is 5. The summed E-state index contributed by atoms with van der Waals surface area (Å²) in [5.41, 5.74) is 4.19. The molecule has 3 aromatic heterocycles. The van der Waals surface area contributed by atoms with Crippen molar-refractivity contribution in [1.29, 1.82) is 0 Å². The molecule has 0 unspecified atom stereocenters. The van der Waals surface area contributed by atoms with Gasteiger partial charge in [0, 0.05) is 41.6 Å². The first-order valence-electron chi connectivity index (χ1n) is 8.19. The first-order chi connectivity index (χ1) is 12.2. The highest BCUT2D eigenvalue weighted by atomic mass is 32.1. The lowest BCUT2D eigenvalue weighted by Gasteiger charge is -2.22. The SMILES string of the molecule is C[C@H](c1nccs1)N(C)Cc1cnc2c(-c3ccccc3)cnn2c1. The van der Waals surface area contributed by atoms with Crippen molar-refractivity contribution in [3.8, 4) is 11.1 Å². The molecule has 0 radical (unpaired) electrons. The second-order valence-corrected chi connectivity index (χ2v) is 7.04. The smallest absolute Gasteiger partial charge is 0.162 e. The van der Waals surface area contributed by atoms with Crippen LogP contribution in [0.15, 0.2) is 60.5 Å². The van der Waals surface area contributed by atoms with Crippen LogP contribution in [0.5, 0.6) is 0 Å². The van der Waals surface area contributed by atoms with Gasteiger partial charge in [-0.1, -0.05) is 30.3 Å². The van der Waals surface area contributed by atoms with E-state index < -0.39 is 0 Å². The summed E-state index contributed by atoms with van der Waals surface area (Å²) in [5, 5.41) is 7.63. The summed E-state index contributed by atoms with van der Waals surface area (Å²) in [5.74, 6) is 0. The summed E-state index contributed by atoms with van der Waals surface area (Å²) in [6.45, 7) is 2.97. The standard InChI is InChI=1S/C19H19N5S/c1-14(19-20-8-9-25-19)23(2)12-15-10-21-18-17(11-22-24(18)13-15)16-6-4-3-5-7-16/h3-11,13-14H,12H2,1-2H3/t14-/m1/s1. The van der Waals surface area contributed by atoms with Crippen LogP contribution in [0, 0.1) is 0 Å². The Hall–Kier alpha value is -2.57. The number of fused-ring (bicyclic) bond motifs is 1. The molecule has 1 atom stereocenters. The van der Waals surface area contributed by atoms with E-state index in [0.717, 1.165) is 33.9 Å². The highest BCUT2D eigenvalue weighted by Gasteiger charge is 2.15. The summed E-state index contributed by atoms with van der Waals surface area (Å²) in [6.07, 6.45) is 7.73. The maximum absolute atomic E-state index is 4.65. The van der Waals surface area contributed by atoms with Crippen molar-refractivity contribution in [2.24, 2.45) is 0 Å². The normalized spacial score (nSPS) is 12.8. The van der Waals surface area contributed by atoms with Gasteiger partial charge in [-0.2, -0.15) is 5.10 Å². The Balaban J connectivity index is 1.58. The number of benzene rings is 1. The van der Waals surface area contributed by atoms with Crippen molar-refractivity contribution in [2.45, 2.75) is 19.5 Å². The second-order valence-electron chi connectivity index (χ2n) is 6.12. The third-order valence-corrected chi connectivity index (χ3v) is 5.34. The zero-order valence-electron chi connectivity index (χ0n) is 14.2. The van der Waals surface area contributed by atoms with Gasteiger partial charge < -0.3 is 0 Å². The number of hydrogen-bond acceptors (Lipinski definition) is 5. The van der Waals surface area contributed by atoms with Crippen LogP contribution in [-0.2, 0) is 6.54 Å². The van der Waals surface area contributed by atoms with Crippen LogP contribution in [0.25, 0.3) is 16.8 Å². The number of rotatable bonds is 5. The average Bonchev–Trinajstić information content (AvgIpc) is 3.31. The lowest BCUT2D eigenvalue weighted by molar-refractivity contribution is 0.252.